The normalized spacial score (nSPS) is 29.4. The molecular formula is C12H19NO3. The van der Waals surface area contributed by atoms with Gasteiger partial charge < -0.3 is 14.4 Å². The van der Waals surface area contributed by atoms with E-state index < -0.39 is 5.79 Å². The molecule has 1 aliphatic carbocycles. The van der Waals surface area contributed by atoms with Crippen molar-refractivity contribution in [1.29, 1.82) is 0 Å². The third-order valence-electron chi connectivity index (χ3n) is 4.02. The molecule has 90 valence electrons. The van der Waals surface area contributed by atoms with E-state index in [1.54, 1.807) is 0 Å². The number of rotatable bonds is 1. The Morgan fingerprint density at radius 2 is 1.88 bits per heavy atom. The number of carbonyl (C=O) groups is 1. The van der Waals surface area contributed by atoms with E-state index in [9.17, 15) is 4.79 Å². The summed E-state index contributed by atoms with van der Waals surface area (Å²) in [6.07, 6.45) is 5.41. The summed E-state index contributed by atoms with van der Waals surface area (Å²) in [6.45, 7) is 2.79. The molecule has 16 heavy (non-hydrogen) atoms. The third-order valence-corrected chi connectivity index (χ3v) is 4.02. The molecular weight excluding hydrogens is 206 g/mol. The number of nitrogens with zero attached hydrogens (tertiary/aromatic N) is 1. The molecule has 2 saturated heterocycles. The van der Waals surface area contributed by atoms with Gasteiger partial charge in [-0.3, -0.25) is 4.79 Å². The van der Waals surface area contributed by atoms with Gasteiger partial charge in [-0.2, -0.15) is 0 Å². The molecule has 0 N–H and O–H groups in total. The van der Waals surface area contributed by atoms with Crippen molar-refractivity contribution in [1.82, 2.24) is 4.90 Å². The van der Waals surface area contributed by atoms with Crippen LogP contribution < -0.4 is 0 Å². The standard InChI is InChI=1S/C12H19NO3/c14-11(10-3-1-2-4-10)13-6-5-12(9-13)15-7-8-16-12/h10H,1-9H2. The van der Waals surface area contributed by atoms with E-state index in [1.807, 2.05) is 4.90 Å². The van der Waals surface area contributed by atoms with E-state index in [0.29, 0.717) is 25.7 Å². The number of ether oxygens (including phenoxy) is 2. The van der Waals surface area contributed by atoms with Crippen LogP contribution in [0, 0.1) is 5.92 Å². The Labute approximate surface area is 95.9 Å². The zero-order chi connectivity index (χ0) is 11.0. The third kappa shape index (κ3) is 1.74. The van der Waals surface area contributed by atoms with E-state index in [2.05, 4.69) is 0 Å². The fraction of sp³-hybridized carbons (Fsp3) is 0.917. The van der Waals surface area contributed by atoms with Crippen LogP contribution >= 0.6 is 0 Å². The molecule has 1 spiro atoms. The molecule has 1 amide bonds. The van der Waals surface area contributed by atoms with Crippen LogP contribution in [0.25, 0.3) is 0 Å². The van der Waals surface area contributed by atoms with Gasteiger partial charge in [0.15, 0.2) is 5.79 Å². The second-order valence-corrected chi connectivity index (χ2v) is 5.10. The predicted molar refractivity (Wildman–Crippen MR) is 57.8 cm³/mol. The van der Waals surface area contributed by atoms with Crippen molar-refractivity contribution in [3.8, 4) is 0 Å². The average molecular weight is 225 g/mol. The first-order valence-electron chi connectivity index (χ1n) is 6.36. The van der Waals surface area contributed by atoms with E-state index >= 15 is 0 Å². The van der Waals surface area contributed by atoms with Gasteiger partial charge >= 0.3 is 0 Å². The lowest BCUT2D eigenvalue weighted by atomic mass is 10.1. The van der Waals surface area contributed by atoms with Gasteiger partial charge in [-0.1, -0.05) is 12.8 Å². The largest absolute Gasteiger partial charge is 0.346 e. The van der Waals surface area contributed by atoms with Crippen molar-refractivity contribution < 1.29 is 14.3 Å². The minimum absolute atomic E-state index is 0.275. The number of carbonyl (C=O) groups excluding carboxylic acids is 1. The molecule has 2 heterocycles. The molecule has 0 unspecified atom stereocenters. The minimum Gasteiger partial charge on any atom is -0.346 e. The summed E-state index contributed by atoms with van der Waals surface area (Å²) in [5.41, 5.74) is 0. The fourth-order valence-electron chi connectivity index (χ4n) is 3.11. The fourth-order valence-corrected chi connectivity index (χ4v) is 3.11. The van der Waals surface area contributed by atoms with Crippen molar-refractivity contribution in [3.05, 3.63) is 0 Å². The van der Waals surface area contributed by atoms with E-state index in [4.69, 9.17) is 9.47 Å². The Balaban J connectivity index is 1.62. The first-order valence-corrected chi connectivity index (χ1v) is 6.36. The molecule has 3 rings (SSSR count). The van der Waals surface area contributed by atoms with Crippen molar-refractivity contribution >= 4 is 5.91 Å². The summed E-state index contributed by atoms with van der Waals surface area (Å²) < 4.78 is 11.3. The summed E-state index contributed by atoms with van der Waals surface area (Å²) in [4.78, 5) is 14.1. The van der Waals surface area contributed by atoms with E-state index in [0.717, 1.165) is 25.8 Å². The quantitative estimate of drug-likeness (QED) is 0.672. The van der Waals surface area contributed by atoms with Gasteiger partial charge in [0, 0.05) is 18.9 Å². The molecule has 0 radical (unpaired) electrons. The SMILES string of the molecule is O=C(C1CCCC1)N1CCC2(C1)OCCO2. The van der Waals surface area contributed by atoms with Crippen LogP contribution in [0.3, 0.4) is 0 Å². The highest BCUT2D eigenvalue weighted by Crippen LogP contribution is 2.33. The van der Waals surface area contributed by atoms with E-state index in [1.165, 1.54) is 12.8 Å². The molecule has 0 bridgehead atoms. The van der Waals surface area contributed by atoms with Crippen LogP contribution in [0.15, 0.2) is 0 Å². The highest BCUT2D eigenvalue weighted by atomic mass is 16.7. The molecule has 1 saturated carbocycles. The smallest absolute Gasteiger partial charge is 0.225 e. The Morgan fingerprint density at radius 1 is 1.19 bits per heavy atom. The maximum atomic E-state index is 12.2. The summed E-state index contributed by atoms with van der Waals surface area (Å²) in [5, 5.41) is 0. The van der Waals surface area contributed by atoms with Crippen LogP contribution in [0.5, 0.6) is 0 Å². The lowest BCUT2D eigenvalue weighted by Crippen LogP contribution is -2.39. The highest BCUT2D eigenvalue weighted by molar-refractivity contribution is 5.79. The molecule has 3 aliphatic rings. The number of hydrogen-bond donors (Lipinski definition) is 0. The average Bonchev–Trinajstić information content (AvgIpc) is 3.01. The van der Waals surface area contributed by atoms with Crippen molar-refractivity contribution in [2.75, 3.05) is 26.3 Å². The zero-order valence-electron chi connectivity index (χ0n) is 9.61. The van der Waals surface area contributed by atoms with E-state index in [-0.39, 0.29) is 5.92 Å². The van der Waals surface area contributed by atoms with Crippen molar-refractivity contribution in [2.45, 2.75) is 37.9 Å². The highest BCUT2D eigenvalue weighted by Gasteiger charge is 2.45. The number of likely N-dealkylation sites (tertiary alicyclic amines) is 1. The molecule has 2 aliphatic heterocycles. The topological polar surface area (TPSA) is 38.8 Å². The van der Waals surface area contributed by atoms with Crippen molar-refractivity contribution in [2.24, 2.45) is 5.92 Å². The minimum atomic E-state index is -0.450. The lowest BCUT2D eigenvalue weighted by molar-refractivity contribution is -0.154. The van der Waals surface area contributed by atoms with Gasteiger partial charge in [0.2, 0.25) is 5.91 Å². The molecule has 3 fully saturated rings. The summed E-state index contributed by atoms with van der Waals surface area (Å²) in [7, 11) is 0. The summed E-state index contributed by atoms with van der Waals surface area (Å²) in [5.74, 6) is 0.152. The van der Waals surface area contributed by atoms with Gasteiger partial charge in [-0.25, -0.2) is 0 Å². The molecule has 0 aromatic rings. The molecule has 4 heteroatoms. The molecule has 0 aromatic carbocycles. The lowest BCUT2D eigenvalue weighted by Gasteiger charge is -2.24. The Kier molecular flexibility index (Phi) is 2.64. The first kappa shape index (κ1) is 10.5. The van der Waals surface area contributed by atoms with Crippen LogP contribution in [-0.4, -0.2) is 42.9 Å². The zero-order valence-corrected chi connectivity index (χ0v) is 9.61. The van der Waals surface area contributed by atoms with Gasteiger partial charge in [0.25, 0.3) is 0 Å². The van der Waals surface area contributed by atoms with Crippen LogP contribution in [0.1, 0.15) is 32.1 Å². The number of hydrogen-bond acceptors (Lipinski definition) is 3. The molecule has 0 aromatic heterocycles. The van der Waals surface area contributed by atoms with Gasteiger partial charge in [-0.15, -0.1) is 0 Å². The Hall–Kier alpha value is -0.610. The summed E-state index contributed by atoms with van der Waals surface area (Å²) >= 11 is 0. The van der Waals surface area contributed by atoms with Gasteiger partial charge in [0.1, 0.15) is 0 Å². The second-order valence-electron chi connectivity index (χ2n) is 5.10. The van der Waals surface area contributed by atoms with Gasteiger partial charge in [-0.05, 0) is 12.8 Å². The van der Waals surface area contributed by atoms with Crippen molar-refractivity contribution in [3.63, 3.8) is 0 Å². The maximum absolute atomic E-state index is 12.2. The predicted octanol–water partition coefficient (Wildman–Crippen LogP) is 1.15. The first-order chi connectivity index (χ1) is 7.79. The Morgan fingerprint density at radius 3 is 2.56 bits per heavy atom. The number of amides is 1. The molecule has 0 atom stereocenters. The van der Waals surface area contributed by atoms with Gasteiger partial charge in [0.05, 0.1) is 19.8 Å². The monoisotopic (exact) mass is 225 g/mol. The maximum Gasteiger partial charge on any atom is 0.225 e. The summed E-state index contributed by atoms with van der Waals surface area (Å²) in [6, 6.07) is 0. The van der Waals surface area contributed by atoms with Crippen LogP contribution in [0.2, 0.25) is 0 Å². The second kappa shape index (κ2) is 4.00. The molecule has 4 nitrogen and oxygen atoms in total. The Bertz CT molecular complexity index is 280. The van der Waals surface area contributed by atoms with Crippen LogP contribution in [-0.2, 0) is 14.3 Å². The van der Waals surface area contributed by atoms with Crippen LogP contribution in [0.4, 0.5) is 0 Å².